The van der Waals surface area contributed by atoms with E-state index in [1.807, 2.05) is 13.8 Å². The number of rotatable bonds is 2. The van der Waals surface area contributed by atoms with Crippen LogP contribution in [0.1, 0.15) is 26.7 Å². The highest BCUT2D eigenvalue weighted by molar-refractivity contribution is 5.82. The average Bonchev–Trinajstić information content (AvgIpc) is 2.61. The fourth-order valence-electron chi connectivity index (χ4n) is 1.52. The smallest absolute Gasteiger partial charge is 0.338 e. The average molecular weight is 199 g/mol. The summed E-state index contributed by atoms with van der Waals surface area (Å²) in [5.41, 5.74) is 3.26. The molecule has 1 saturated heterocycles. The van der Waals surface area contributed by atoms with E-state index >= 15 is 0 Å². The van der Waals surface area contributed by atoms with Crippen LogP contribution in [0.3, 0.4) is 0 Å². The molecule has 14 heavy (non-hydrogen) atoms. The zero-order valence-electron chi connectivity index (χ0n) is 8.66. The number of aliphatic hydroxyl groups excluding tert-OH is 1. The van der Waals surface area contributed by atoms with Crippen LogP contribution in [0, 0.1) is 0 Å². The third-order valence-corrected chi connectivity index (χ3v) is 2.22. The lowest BCUT2D eigenvalue weighted by Crippen LogP contribution is -2.42. The number of urea groups is 1. The van der Waals surface area contributed by atoms with Gasteiger partial charge >= 0.3 is 6.03 Å². The largest absolute Gasteiger partial charge is 0.394 e. The van der Waals surface area contributed by atoms with Crippen LogP contribution in [0.5, 0.6) is 0 Å². The molecule has 1 atom stereocenters. The summed E-state index contributed by atoms with van der Waals surface area (Å²) >= 11 is 0. The molecule has 1 heterocycles. The summed E-state index contributed by atoms with van der Waals surface area (Å²) in [6, 6.07) is -0.259. The maximum absolute atomic E-state index is 11.5. The van der Waals surface area contributed by atoms with E-state index in [4.69, 9.17) is 5.11 Å². The van der Waals surface area contributed by atoms with Crippen molar-refractivity contribution in [3.05, 3.63) is 0 Å². The summed E-state index contributed by atoms with van der Waals surface area (Å²) in [7, 11) is 0. The first-order chi connectivity index (χ1) is 6.65. The molecule has 1 rings (SSSR count). The second-order valence-corrected chi connectivity index (χ2v) is 3.65. The molecule has 5 heteroatoms. The third kappa shape index (κ3) is 2.70. The van der Waals surface area contributed by atoms with E-state index in [2.05, 4.69) is 10.5 Å². The van der Waals surface area contributed by atoms with Crippen molar-refractivity contribution in [2.24, 2.45) is 5.10 Å². The summed E-state index contributed by atoms with van der Waals surface area (Å²) in [6.07, 6.45) is 1.83. The highest BCUT2D eigenvalue weighted by atomic mass is 16.3. The van der Waals surface area contributed by atoms with E-state index in [9.17, 15) is 4.79 Å². The second-order valence-electron chi connectivity index (χ2n) is 3.65. The highest BCUT2D eigenvalue weighted by Gasteiger charge is 2.27. The molecular weight excluding hydrogens is 182 g/mol. The normalized spacial score (nSPS) is 20.8. The van der Waals surface area contributed by atoms with Crippen LogP contribution < -0.4 is 5.43 Å². The molecule has 0 aromatic rings. The molecule has 0 bridgehead atoms. The lowest BCUT2D eigenvalue weighted by atomic mass is 10.2. The molecule has 80 valence electrons. The number of hydrazone groups is 1. The van der Waals surface area contributed by atoms with Gasteiger partial charge in [-0.05, 0) is 26.7 Å². The number of likely N-dealkylation sites (tertiary alicyclic amines) is 1. The number of hydrogen-bond acceptors (Lipinski definition) is 3. The minimum Gasteiger partial charge on any atom is -0.394 e. The van der Waals surface area contributed by atoms with Gasteiger partial charge in [-0.25, -0.2) is 10.2 Å². The Bertz CT molecular complexity index is 236. The predicted molar refractivity (Wildman–Crippen MR) is 54.1 cm³/mol. The molecule has 1 unspecified atom stereocenters. The lowest BCUT2D eigenvalue weighted by Gasteiger charge is -2.21. The van der Waals surface area contributed by atoms with Gasteiger partial charge in [-0.1, -0.05) is 0 Å². The molecule has 0 radical (unpaired) electrons. The second kappa shape index (κ2) is 4.95. The predicted octanol–water partition coefficient (Wildman–Crippen LogP) is 0.548. The third-order valence-electron chi connectivity index (χ3n) is 2.22. The molecule has 5 nitrogen and oxygen atoms in total. The van der Waals surface area contributed by atoms with Crippen LogP contribution in [-0.2, 0) is 0 Å². The van der Waals surface area contributed by atoms with Gasteiger partial charge in [-0.2, -0.15) is 5.10 Å². The Labute approximate surface area is 83.8 Å². The standard InChI is InChI=1S/C9H17N3O2/c1-7(2)10-11-9(14)12-5-3-4-8(12)6-13/h8,13H,3-6H2,1-2H3,(H,11,14). The molecule has 1 aliphatic rings. The van der Waals surface area contributed by atoms with Crippen molar-refractivity contribution in [3.8, 4) is 0 Å². The first-order valence-corrected chi connectivity index (χ1v) is 4.83. The Balaban J connectivity index is 2.47. The minimum absolute atomic E-state index is 0.0300. The maximum atomic E-state index is 11.5. The zero-order valence-corrected chi connectivity index (χ0v) is 8.66. The fourth-order valence-corrected chi connectivity index (χ4v) is 1.52. The highest BCUT2D eigenvalue weighted by Crippen LogP contribution is 2.16. The van der Waals surface area contributed by atoms with Gasteiger partial charge in [0.2, 0.25) is 0 Å². The van der Waals surface area contributed by atoms with Gasteiger partial charge < -0.3 is 10.0 Å². The molecule has 0 spiro atoms. The van der Waals surface area contributed by atoms with Gasteiger partial charge in [0, 0.05) is 12.3 Å². The van der Waals surface area contributed by atoms with Gasteiger partial charge in [0.15, 0.2) is 0 Å². The minimum atomic E-state index is -0.220. The fraction of sp³-hybridized carbons (Fsp3) is 0.778. The number of nitrogens with one attached hydrogen (secondary N) is 1. The lowest BCUT2D eigenvalue weighted by molar-refractivity contribution is 0.157. The summed E-state index contributed by atoms with van der Waals surface area (Å²) in [6.45, 7) is 4.36. The van der Waals surface area contributed by atoms with E-state index in [0.29, 0.717) is 6.54 Å². The number of hydrogen-bond donors (Lipinski definition) is 2. The van der Waals surface area contributed by atoms with Crippen LogP contribution in [0.15, 0.2) is 5.10 Å². The molecule has 2 N–H and O–H groups in total. The number of aliphatic hydroxyl groups is 1. The van der Waals surface area contributed by atoms with Crippen molar-refractivity contribution in [2.45, 2.75) is 32.7 Å². The van der Waals surface area contributed by atoms with Gasteiger partial charge in [0.05, 0.1) is 12.6 Å². The SMILES string of the molecule is CC(C)=NNC(=O)N1CCCC1CO. The molecule has 0 aliphatic carbocycles. The van der Waals surface area contributed by atoms with E-state index in [1.165, 1.54) is 0 Å². The van der Waals surface area contributed by atoms with Crippen LogP contribution >= 0.6 is 0 Å². The van der Waals surface area contributed by atoms with E-state index < -0.39 is 0 Å². The summed E-state index contributed by atoms with van der Waals surface area (Å²) in [4.78, 5) is 13.1. The van der Waals surface area contributed by atoms with Gasteiger partial charge in [-0.15, -0.1) is 0 Å². The van der Waals surface area contributed by atoms with E-state index in [0.717, 1.165) is 18.6 Å². The molecule has 2 amide bonds. The summed E-state index contributed by atoms with van der Waals surface area (Å²) < 4.78 is 0. The van der Waals surface area contributed by atoms with E-state index in [-0.39, 0.29) is 18.7 Å². The molecule has 0 saturated carbocycles. The maximum Gasteiger partial charge on any atom is 0.338 e. The van der Waals surface area contributed by atoms with Crippen LogP contribution in [0.4, 0.5) is 4.79 Å². The van der Waals surface area contributed by atoms with Gasteiger partial charge in [0.1, 0.15) is 0 Å². The molecule has 1 fully saturated rings. The Morgan fingerprint density at radius 3 is 2.93 bits per heavy atom. The number of carbonyl (C=O) groups is 1. The van der Waals surface area contributed by atoms with Crippen molar-refractivity contribution in [3.63, 3.8) is 0 Å². The molecule has 1 aliphatic heterocycles. The quantitative estimate of drug-likeness (QED) is 0.504. The van der Waals surface area contributed by atoms with Gasteiger partial charge in [-0.3, -0.25) is 0 Å². The van der Waals surface area contributed by atoms with Crippen molar-refractivity contribution in [1.82, 2.24) is 10.3 Å². The van der Waals surface area contributed by atoms with Crippen molar-refractivity contribution in [2.75, 3.05) is 13.2 Å². The monoisotopic (exact) mass is 199 g/mol. The zero-order chi connectivity index (χ0) is 10.6. The van der Waals surface area contributed by atoms with Gasteiger partial charge in [0.25, 0.3) is 0 Å². The Hall–Kier alpha value is -1.10. The summed E-state index contributed by atoms with van der Waals surface area (Å²) in [5, 5.41) is 12.8. The Morgan fingerprint density at radius 2 is 2.36 bits per heavy atom. The number of carbonyl (C=O) groups excluding carboxylic acids is 1. The first kappa shape index (κ1) is 11.0. The number of amides is 2. The Kier molecular flexibility index (Phi) is 3.88. The van der Waals surface area contributed by atoms with Crippen molar-refractivity contribution in [1.29, 1.82) is 0 Å². The topological polar surface area (TPSA) is 64.9 Å². The molecule has 0 aromatic carbocycles. The van der Waals surface area contributed by atoms with Crippen LogP contribution in [-0.4, -0.2) is 40.9 Å². The van der Waals surface area contributed by atoms with Crippen molar-refractivity contribution < 1.29 is 9.90 Å². The first-order valence-electron chi connectivity index (χ1n) is 4.83. The number of nitrogens with zero attached hydrogens (tertiary/aromatic N) is 2. The molecular formula is C9H17N3O2. The van der Waals surface area contributed by atoms with Crippen LogP contribution in [0.2, 0.25) is 0 Å². The van der Waals surface area contributed by atoms with E-state index in [1.54, 1.807) is 4.90 Å². The molecule has 0 aromatic heterocycles. The van der Waals surface area contributed by atoms with Crippen molar-refractivity contribution >= 4 is 11.7 Å². The Morgan fingerprint density at radius 1 is 1.64 bits per heavy atom. The van der Waals surface area contributed by atoms with Crippen LogP contribution in [0.25, 0.3) is 0 Å². The summed E-state index contributed by atoms with van der Waals surface area (Å²) in [5.74, 6) is 0.